The first-order valence-corrected chi connectivity index (χ1v) is 11.1. The van der Waals surface area contributed by atoms with Crippen molar-refractivity contribution in [2.75, 3.05) is 17.7 Å². The number of halogens is 2. The number of anilines is 2. The molecule has 10 heteroatoms. The number of nitrogens with one attached hydrogen (secondary N) is 3. The molecule has 8 nitrogen and oxygen atoms in total. The van der Waals surface area contributed by atoms with Crippen molar-refractivity contribution < 1.29 is 19.1 Å². The summed E-state index contributed by atoms with van der Waals surface area (Å²) in [5, 5.41) is 8.99. The maximum absolute atomic E-state index is 12.7. The number of ether oxygens (including phenoxy) is 1. The summed E-state index contributed by atoms with van der Waals surface area (Å²) in [5.74, 6) is -1.86. The Bertz CT molecular complexity index is 1210. The maximum Gasteiger partial charge on any atom is 0.329 e. The van der Waals surface area contributed by atoms with Crippen LogP contribution >= 0.6 is 31.9 Å². The van der Waals surface area contributed by atoms with Crippen molar-refractivity contribution in [1.29, 1.82) is 0 Å². The summed E-state index contributed by atoms with van der Waals surface area (Å²) in [6.07, 6.45) is 1.36. The van der Waals surface area contributed by atoms with Gasteiger partial charge in [0, 0.05) is 20.2 Å². The van der Waals surface area contributed by atoms with E-state index in [4.69, 9.17) is 4.74 Å². The van der Waals surface area contributed by atoms with E-state index >= 15 is 0 Å². The Balaban J connectivity index is 1.65. The van der Waals surface area contributed by atoms with Crippen molar-refractivity contribution in [2.24, 2.45) is 5.10 Å². The van der Waals surface area contributed by atoms with Gasteiger partial charge in [0.15, 0.2) is 0 Å². The average Bonchev–Trinajstić information content (AvgIpc) is 2.81. The normalized spacial score (nSPS) is 10.5. The topological polar surface area (TPSA) is 109 Å². The molecule has 3 aromatic rings. The van der Waals surface area contributed by atoms with Crippen molar-refractivity contribution in [1.82, 2.24) is 5.43 Å². The zero-order chi connectivity index (χ0) is 23.8. The van der Waals surface area contributed by atoms with E-state index in [1.54, 1.807) is 60.7 Å². The molecule has 3 amide bonds. The molecular formula is C23H18Br2N4O4. The minimum absolute atomic E-state index is 0.185. The highest BCUT2D eigenvalue weighted by Crippen LogP contribution is 2.21. The number of hydrazone groups is 1. The van der Waals surface area contributed by atoms with Crippen LogP contribution in [0.25, 0.3) is 0 Å². The van der Waals surface area contributed by atoms with Crippen LogP contribution in [-0.2, 0) is 9.59 Å². The number of nitrogens with zero attached hydrogens (tertiary/aromatic N) is 1. The number of hydrogen-bond donors (Lipinski definition) is 3. The molecule has 0 bridgehead atoms. The summed E-state index contributed by atoms with van der Waals surface area (Å²) in [4.78, 5) is 37.2. The van der Waals surface area contributed by atoms with Crippen LogP contribution in [0.4, 0.5) is 11.4 Å². The first kappa shape index (κ1) is 24.1. The van der Waals surface area contributed by atoms with E-state index < -0.39 is 17.7 Å². The van der Waals surface area contributed by atoms with Crippen molar-refractivity contribution in [3.8, 4) is 5.75 Å². The highest BCUT2D eigenvalue weighted by Gasteiger charge is 2.18. The van der Waals surface area contributed by atoms with Crippen molar-refractivity contribution in [2.45, 2.75) is 0 Å². The lowest BCUT2D eigenvalue weighted by Gasteiger charge is -2.11. The lowest BCUT2D eigenvalue weighted by Crippen LogP contribution is -2.33. The number of carbonyl (C=O) groups excluding carboxylic acids is 3. The number of benzene rings is 3. The lowest BCUT2D eigenvalue weighted by molar-refractivity contribution is -0.136. The molecule has 0 aliphatic carbocycles. The predicted octanol–water partition coefficient (Wildman–Crippen LogP) is 4.56. The van der Waals surface area contributed by atoms with Gasteiger partial charge in [0.2, 0.25) is 0 Å². The molecule has 0 aliphatic rings. The zero-order valence-electron chi connectivity index (χ0n) is 17.3. The SMILES string of the molecule is COc1ccc(Br)cc1C=NNC(=O)C(=O)Nc1ccccc1C(=O)Nc1ccc(Br)cc1. The first-order chi connectivity index (χ1) is 15.9. The third kappa shape index (κ3) is 6.74. The average molecular weight is 574 g/mol. The van der Waals surface area contributed by atoms with E-state index in [-0.39, 0.29) is 11.3 Å². The van der Waals surface area contributed by atoms with Gasteiger partial charge in [-0.05, 0) is 54.6 Å². The molecule has 0 aliphatic heterocycles. The highest BCUT2D eigenvalue weighted by atomic mass is 79.9. The summed E-state index contributed by atoms with van der Waals surface area (Å²) in [6.45, 7) is 0. The number of amides is 3. The molecule has 168 valence electrons. The van der Waals surface area contributed by atoms with Gasteiger partial charge >= 0.3 is 11.8 Å². The van der Waals surface area contributed by atoms with Crippen LogP contribution in [0, 0.1) is 0 Å². The zero-order valence-corrected chi connectivity index (χ0v) is 20.4. The minimum atomic E-state index is -0.997. The van der Waals surface area contributed by atoms with Gasteiger partial charge in [-0.25, -0.2) is 5.43 Å². The minimum Gasteiger partial charge on any atom is -0.496 e. The van der Waals surface area contributed by atoms with Crippen molar-refractivity contribution in [3.05, 3.63) is 86.8 Å². The molecule has 0 atom stereocenters. The standard InChI is InChI=1S/C23H18Br2N4O4/c1-33-20-11-8-16(25)12-14(20)13-26-29-23(32)22(31)28-19-5-3-2-4-18(19)21(30)27-17-9-6-15(24)7-10-17/h2-13H,1H3,(H,27,30)(H,28,31)(H,29,32). The summed E-state index contributed by atoms with van der Waals surface area (Å²) in [6, 6.07) is 18.7. The van der Waals surface area contributed by atoms with Crippen LogP contribution in [0.3, 0.4) is 0 Å². The van der Waals surface area contributed by atoms with Crippen LogP contribution < -0.4 is 20.8 Å². The molecule has 0 radical (unpaired) electrons. The molecule has 3 rings (SSSR count). The summed E-state index contributed by atoms with van der Waals surface area (Å²) < 4.78 is 6.90. The van der Waals surface area contributed by atoms with E-state index in [1.807, 2.05) is 0 Å². The van der Waals surface area contributed by atoms with E-state index in [1.165, 1.54) is 19.4 Å². The van der Waals surface area contributed by atoms with Crippen LogP contribution in [0.5, 0.6) is 5.75 Å². The third-order valence-electron chi connectivity index (χ3n) is 4.29. The van der Waals surface area contributed by atoms with E-state index in [0.717, 1.165) is 8.95 Å². The van der Waals surface area contributed by atoms with Crippen molar-refractivity contribution >= 4 is 67.2 Å². The Morgan fingerprint density at radius 2 is 1.58 bits per heavy atom. The van der Waals surface area contributed by atoms with Gasteiger partial charge in [-0.3, -0.25) is 14.4 Å². The quantitative estimate of drug-likeness (QED) is 0.228. The van der Waals surface area contributed by atoms with E-state index in [2.05, 4.69) is 53.0 Å². The number of carbonyl (C=O) groups is 3. The number of para-hydroxylation sites is 1. The Morgan fingerprint density at radius 3 is 2.30 bits per heavy atom. The molecule has 0 spiro atoms. The van der Waals surface area contributed by atoms with Gasteiger partial charge in [0.05, 0.1) is 24.6 Å². The van der Waals surface area contributed by atoms with Gasteiger partial charge in [0.25, 0.3) is 5.91 Å². The van der Waals surface area contributed by atoms with Gasteiger partial charge in [0.1, 0.15) is 5.75 Å². The fourth-order valence-corrected chi connectivity index (χ4v) is 3.36. The van der Waals surface area contributed by atoms with E-state index in [0.29, 0.717) is 17.0 Å². The Morgan fingerprint density at radius 1 is 0.879 bits per heavy atom. The van der Waals surface area contributed by atoms with Crippen LogP contribution in [0.2, 0.25) is 0 Å². The Hall–Kier alpha value is -3.50. The molecule has 3 N–H and O–H groups in total. The van der Waals surface area contributed by atoms with E-state index in [9.17, 15) is 14.4 Å². The van der Waals surface area contributed by atoms with Gasteiger partial charge < -0.3 is 15.4 Å². The monoisotopic (exact) mass is 572 g/mol. The van der Waals surface area contributed by atoms with Crippen molar-refractivity contribution in [3.63, 3.8) is 0 Å². The predicted molar refractivity (Wildman–Crippen MR) is 134 cm³/mol. The largest absolute Gasteiger partial charge is 0.496 e. The fourth-order valence-electron chi connectivity index (χ4n) is 2.72. The van der Waals surface area contributed by atoms with Gasteiger partial charge in [-0.1, -0.05) is 44.0 Å². The molecule has 0 unspecified atom stereocenters. The second-order valence-corrected chi connectivity index (χ2v) is 8.38. The first-order valence-electron chi connectivity index (χ1n) is 9.51. The molecule has 0 heterocycles. The number of hydrogen-bond acceptors (Lipinski definition) is 5. The third-order valence-corrected chi connectivity index (χ3v) is 5.31. The molecule has 0 fully saturated rings. The second-order valence-electron chi connectivity index (χ2n) is 6.55. The Labute approximate surface area is 206 Å². The molecule has 3 aromatic carbocycles. The maximum atomic E-state index is 12.7. The molecule has 0 aromatic heterocycles. The summed E-state index contributed by atoms with van der Waals surface area (Å²) in [5.41, 5.74) is 3.72. The van der Waals surface area contributed by atoms with Gasteiger partial charge in [-0.15, -0.1) is 0 Å². The summed E-state index contributed by atoms with van der Waals surface area (Å²) in [7, 11) is 1.51. The van der Waals surface area contributed by atoms with Gasteiger partial charge in [-0.2, -0.15) is 5.10 Å². The highest BCUT2D eigenvalue weighted by molar-refractivity contribution is 9.10. The fraction of sp³-hybridized carbons (Fsp3) is 0.0435. The number of rotatable bonds is 6. The van der Waals surface area contributed by atoms with Crippen LogP contribution in [0.15, 0.2) is 80.8 Å². The molecule has 33 heavy (non-hydrogen) atoms. The smallest absolute Gasteiger partial charge is 0.329 e. The molecular weight excluding hydrogens is 556 g/mol. The molecule has 0 saturated carbocycles. The second kappa shape index (κ2) is 11.4. The van der Waals surface area contributed by atoms with Crippen LogP contribution in [-0.4, -0.2) is 31.0 Å². The number of methoxy groups -OCH3 is 1. The summed E-state index contributed by atoms with van der Waals surface area (Å²) >= 11 is 6.68. The molecule has 0 saturated heterocycles. The Kier molecular flexibility index (Phi) is 8.34. The van der Waals surface area contributed by atoms with Crippen LogP contribution in [0.1, 0.15) is 15.9 Å². The lowest BCUT2D eigenvalue weighted by atomic mass is 10.1.